The highest BCUT2D eigenvalue weighted by Crippen LogP contribution is 2.32. The molecular formula is C22H30N2O3. The van der Waals surface area contributed by atoms with Crippen molar-refractivity contribution in [3.05, 3.63) is 59.7 Å². The lowest BCUT2D eigenvalue weighted by atomic mass is 9.84. The van der Waals surface area contributed by atoms with Gasteiger partial charge in [-0.1, -0.05) is 50.2 Å². The summed E-state index contributed by atoms with van der Waals surface area (Å²) in [7, 11) is 3.24. The maximum Gasteiger partial charge on any atom is 0.314 e. The van der Waals surface area contributed by atoms with E-state index < -0.39 is 0 Å². The summed E-state index contributed by atoms with van der Waals surface area (Å²) in [5, 5.41) is 5.89. The molecule has 0 spiro atoms. The van der Waals surface area contributed by atoms with Gasteiger partial charge in [0.25, 0.3) is 0 Å². The minimum Gasteiger partial charge on any atom is -0.493 e. The second-order valence-electron chi connectivity index (χ2n) is 7.15. The number of ether oxygens (including phenoxy) is 2. The fourth-order valence-corrected chi connectivity index (χ4v) is 2.86. The Morgan fingerprint density at radius 2 is 1.67 bits per heavy atom. The zero-order valence-electron chi connectivity index (χ0n) is 16.7. The first-order chi connectivity index (χ1) is 13.0. The van der Waals surface area contributed by atoms with Gasteiger partial charge in [0.1, 0.15) is 0 Å². The van der Waals surface area contributed by atoms with Crippen molar-refractivity contribution in [2.24, 2.45) is 0 Å². The molecule has 0 aliphatic carbocycles. The fourth-order valence-electron chi connectivity index (χ4n) is 2.86. The standard InChI is InChI=1S/C22H30N2O3/c1-22(2,18-12-13-19(26-3)20(15-18)27-4)16-24-21(25)23-14-8-11-17-9-6-5-7-10-17/h5-7,9-10,12-13,15H,8,11,14,16H2,1-4H3,(H2,23,24,25). The number of methoxy groups -OCH3 is 2. The average Bonchev–Trinajstić information content (AvgIpc) is 2.70. The van der Waals surface area contributed by atoms with Crippen molar-refractivity contribution in [2.75, 3.05) is 27.3 Å². The monoisotopic (exact) mass is 370 g/mol. The second kappa shape index (κ2) is 9.86. The Morgan fingerprint density at radius 1 is 0.963 bits per heavy atom. The van der Waals surface area contributed by atoms with Crippen molar-refractivity contribution >= 4 is 6.03 Å². The normalized spacial score (nSPS) is 11.0. The van der Waals surface area contributed by atoms with Crippen LogP contribution in [0.15, 0.2) is 48.5 Å². The van der Waals surface area contributed by atoms with Crippen LogP contribution in [0.5, 0.6) is 11.5 Å². The topological polar surface area (TPSA) is 59.6 Å². The third kappa shape index (κ3) is 6.20. The van der Waals surface area contributed by atoms with Crippen LogP contribution in [0, 0.1) is 0 Å². The van der Waals surface area contributed by atoms with Crippen LogP contribution in [0.1, 0.15) is 31.4 Å². The Morgan fingerprint density at radius 3 is 2.33 bits per heavy atom. The van der Waals surface area contributed by atoms with Gasteiger partial charge in [-0.25, -0.2) is 4.79 Å². The Bertz CT molecular complexity index is 730. The number of carbonyl (C=O) groups is 1. The van der Waals surface area contributed by atoms with E-state index in [4.69, 9.17) is 9.47 Å². The lowest BCUT2D eigenvalue weighted by Gasteiger charge is -2.26. The summed E-state index contributed by atoms with van der Waals surface area (Å²) in [4.78, 5) is 12.1. The van der Waals surface area contributed by atoms with Crippen molar-refractivity contribution in [1.82, 2.24) is 10.6 Å². The summed E-state index contributed by atoms with van der Waals surface area (Å²) in [6.45, 7) is 5.35. The number of nitrogens with one attached hydrogen (secondary N) is 2. The summed E-state index contributed by atoms with van der Waals surface area (Å²) in [5.74, 6) is 1.38. The van der Waals surface area contributed by atoms with Gasteiger partial charge in [0.05, 0.1) is 14.2 Å². The molecule has 0 unspecified atom stereocenters. The van der Waals surface area contributed by atoms with Crippen molar-refractivity contribution < 1.29 is 14.3 Å². The molecule has 0 heterocycles. The first kappa shape index (κ1) is 20.6. The van der Waals surface area contributed by atoms with Crippen molar-refractivity contribution in [3.63, 3.8) is 0 Å². The predicted octanol–water partition coefficient (Wildman–Crippen LogP) is 3.91. The molecule has 2 aromatic rings. The molecule has 0 saturated carbocycles. The van der Waals surface area contributed by atoms with Crippen molar-refractivity contribution in [3.8, 4) is 11.5 Å². The molecule has 0 fully saturated rings. The van der Waals surface area contributed by atoms with E-state index in [0.717, 1.165) is 18.4 Å². The van der Waals surface area contributed by atoms with Gasteiger partial charge in [0, 0.05) is 18.5 Å². The molecule has 0 aromatic heterocycles. The number of amides is 2. The van der Waals surface area contributed by atoms with E-state index in [0.29, 0.717) is 24.6 Å². The Kier molecular flexibility index (Phi) is 7.53. The van der Waals surface area contributed by atoms with E-state index in [2.05, 4.69) is 36.6 Å². The van der Waals surface area contributed by atoms with E-state index in [1.165, 1.54) is 5.56 Å². The van der Waals surface area contributed by atoms with E-state index >= 15 is 0 Å². The summed E-state index contributed by atoms with van der Waals surface area (Å²) in [6.07, 6.45) is 1.87. The first-order valence-electron chi connectivity index (χ1n) is 9.24. The van der Waals surface area contributed by atoms with Gasteiger partial charge in [-0.2, -0.15) is 0 Å². The van der Waals surface area contributed by atoms with Crippen LogP contribution in [0.3, 0.4) is 0 Å². The molecule has 0 aliphatic rings. The molecule has 0 aliphatic heterocycles. The molecule has 2 N–H and O–H groups in total. The third-order valence-corrected chi connectivity index (χ3v) is 4.63. The van der Waals surface area contributed by atoms with Gasteiger partial charge in [0.15, 0.2) is 11.5 Å². The summed E-state index contributed by atoms with van der Waals surface area (Å²) >= 11 is 0. The molecule has 0 bridgehead atoms. The van der Waals surface area contributed by atoms with Crippen molar-refractivity contribution in [2.45, 2.75) is 32.1 Å². The number of hydrogen-bond donors (Lipinski definition) is 2. The van der Waals surface area contributed by atoms with Gasteiger partial charge in [-0.3, -0.25) is 0 Å². The largest absolute Gasteiger partial charge is 0.493 e. The Hall–Kier alpha value is -2.69. The molecule has 0 atom stereocenters. The number of urea groups is 1. The highest BCUT2D eigenvalue weighted by molar-refractivity contribution is 5.73. The molecule has 5 nitrogen and oxygen atoms in total. The molecule has 0 radical (unpaired) electrons. The summed E-state index contributed by atoms with van der Waals surface area (Å²) < 4.78 is 10.7. The smallest absolute Gasteiger partial charge is 0.314 e. The number of aryl methyl sites for hydroxylation is 1. The van der Waals surface area contributed by atoms with E-state index in [1.54, 1.807) is 14.2 Å². The lowest BCUT2D eigenvalue weighted by molar-refractivity contribution is 0.238. The molecule has 0 saturated heterocycles. The molecule has 2 aromatic carbocycles. The third-order valence-electron chi connectivity index (χ3n) is 4.63. The molecule has 146 valence electrons. The minimum absolute atomic E-state index is 0.142. The Labute approximate surface area is 162 Å². The second-order valence-corrected chi connectivity index (χ2v) is 7.15. The van der Waals surface area contributed by atoms with Gasteiger partial charge in [0.2, 0.25) is 0 Å². The molecule has 2 rings (SSSR count). The minimum atomic E-state index is -0.235. The van der Waals surface area contributed by atoms with E-state index in [1.807, 2.05) is 36.4 Å². The number of rotatable bonds is 9. The van der Waals surface area contributed by atoms with Gasteiger partial charge in [-0.15, -0.1) is 0 Å². The van der Waals surface area contributed by atoms with Gasteiger partial charge < -0.3 is 20.1 Å². The average molecular weight is 370 g/mol. The van der Waals surface area contributed by atoms with Crippen LogP contribution >= 0.6 is 0 Å². The van der Waals surface area contributed by atoms with Crippen LogP contribution < -0.4 is 20.1 Å². The SMILES string of the molecule is COc1ccc(C(C)(C)CNC(=O)NCCCc2ccccc2)cc1OC. The zero-order valence-corrected chi connectivity index (χ0v) is 16.7. The first-order valence-corrected chi connectivity index (χ1v) is 9.24. The van der Waals surface area contributed by atoms with Gasteiger partial charge in [-0.05, 0) is 36.1 Å². The Balaban J connectivity index is 1.79. The van der Waals surface area contributed by atoms with E-state index in [9.17, 15) is 4.79 Å². The summed E-state index contributed by atoms with van der Waals surface area (Å²) in [5.41, 5.74) is 2.12. The lowest BCUT2D eigenvalue weighted by Crippen LogP contribution is -2.42. The van der Waals surface area contributed by atoms with Crippen LogP contribution in [0.2, 0.25) is 0 Å². The molecular weight excluding hydrogens is 340 g/mol. The fraction of sp³-hybridized carbons (Fsp3) is 0.409. The predicted molar refractivity (Wildman–Crippen MR) is 109 cm³/mol. The summed E-state index contributed by atoms with van der Waals surface area (Å²) in [6, 6.07) is 16.0. The van der Waals surface area contributed by atoms with Crippen LogP contribution in [-0.2, 0) is 11.8 Å². The van der Waals surface area contributed by atoms with Gasteiger partial charge >= 0.3 is 6.03 Å². The van der Waals surface area contributed by atoms with Crippen molar-refractivity contribution in [1.29, 1.82) is 0 Å². The molecule has 27 heavy (non-hydrogen) atoms. The molecule has 5 heteroatoms. The quantitative estimate of drug-likeness (QED) is 0.658. The number of carbonyl (C=O) groups excluding carboxylic acids is 1. The van der Waals surface area contributed by atoms with Crippen LogP contribution in [0.4, 0.5) is 4.79 Å². The number of hydrogen-bond acceptors (Lipinski definition) is 3. The zero-order chi connectivity index (χ0) is 19.7. The molecule has 2 amide bonds. The maximum atomic E-state index is 12.1. The highest BCUT2D eigenvalue weighted by atomic mass is 16.5. The van der Waals surface area contributed by atoms with Crippen LogP contribution in [0.25, 0.3) is 0 Å². The number of benzene rings is 2. The highest BCUT2D eigenvalue weighted by Gasteiger charge is 2.23. The van der Waals surface area contributed by atoms with Crippen LogP contribution in [-0.4, -0.2) is 33.3 Å². The van der Waals surface area contributed by atoms with E-state index in [-0.39, 0.29) is 11.4 Å². The maximum absolute atomic E-state index is 12.1.